The molecule has 9 aromatic carbocycles. The van der Waals surface area contributed by atoms with Gasteiger partial charge in [-0.1, -0.05) is 170 Å². The van der Waals surface area contributed by atoms with Gasteiger partial charge in [-0.2, -0.15) is 0 Å². The van der Waals surface area contributed by atoms with Crippen molar-refractivity contribution in [3.63, 3.8) is 0 Å². The van der Waals surface area contributed by atoms with E-state index in [2.05, 4.69) is 211 Å². The summed E-state index contributed by atoms with van der Waals surface area (Å²) in [5, 5.41) is 7.23. The van der Waals surface area contributed by atoms with Gasteiger partial charge in [0.1, 0.15) is 11.2 Å². The summed E-state index contributed by atoms with van der Waals surface area (Å²) in [5.74, 6) is 0.0914. The summed E-state index contributed by atoms with van der Waals surface area (Å²) < 4.78 is 6.22. The molecular weight excluding hydrogens is 703 g/mol. The van der Waals surface area contributed by atoms with Crippen LogP contribution in [0.2, 0.25) is 0 Å². The molecule has 2 aliphatic rings. The van der Waals surface area contributed by atoms with Crippen LogP contribution >= 0.6 is 0 Å². The zero-order valence-corrected chi connectivity index (χ0v) is 31.7. The SMILES string of the molecule is C1=C[C@@H](c2ccc3oc4ccccc4c3c2)C=C1N(c1ccc2c(c1)C(c1ccccc1)(c1ccccc1)c1ccccc1-2)c1cc2ccccc2c2ccccc12. The molecule has 0 unspecified atom stereocenters. The number of para-hydroxylation sites is 1. The second kappa shape index (κ2) is 12.8. The third-order valence-corrected chi connectivity index (χ3v) is 12.6. The number of hydrogen-bond donors (Lipinski definition) is 0. The van der Waals surface area contributed by atoms with E-state index in [0.29, 0.717) is 0 Å². The predicted molar refractivity (Wildman–Crippen MR) is 241 cm³/mol. The molecule has 10 aromatic rings. The lowest BCUT2D eigenvalue weighted by molar-refractivity contribution is 0.669. The number of fused-ring (bicyclic) bond motifs is 9. The molecule has 0 N–H and O–H groups in total. The number of allylic oxidation sites excluding steroid dienone is 3. The Morgan fingerprint density at radius 3 is 1.90 bits per heavy atom. The lowest BCUT2D eigenvalue weighted by atomic mass is 9.67. The Balaban J connectivity index is 1.11. The molecule has 2 heteroatoms. The second-order valence-electron chi connectivity index (χ2n) is 15.6. The summed E-state index contributed by atoms with van der Waals surface area (Å²) in [6.07, 6.45) is 7.09. The second-order valence-corrected chi connectivity index (χ2v) is 15.6. The largest absolute Gasteiger partial charge is 0.456 e. The smallest absolute Gasteiger partial charge is 0.135 e. The minimum absolute atomic E-state index is 0.0914. The van der Waals surface area contributed by atoms with Crippen LogP contribution in [0.25, 0.3) is 54.6 Å². The molecule has 0 fully saturated rings. The van der Waals surface area contributed by atoms with Crippen LogP contribution in [-0.4, -0.2) is 0 Å². The van der Waals surface area contributed by atoms with Gasteiger partial charge in [0.15, 0.2) is 0 Å². The predicted octanol–water partition coefficient (Wildman–Crippen LogP) is 14.6. The summed E-state index contributed by atoms with van der Waals surface area (Å²) in [5.41, 5.74) is 13.7. The van der Waals surface area contributed by atoms with Crippen molar-refractivity contribution in [3.8, 4) is 11.1 Å². The van der Waals surface area contributed by atoms with Gasteiger partial charge in [-0.05, 0) is 104 Å². The first-order valence-corrected chi connectivity index (χ1v) is 20.1. The topological polar surface area (TPSA) is 16.4 Å². The lowest BCUT2D eigenvalue weighted by Gasteiger charge is -2.35. The van der Waals surface area contributed by atoms with Gasteiger partial charge < -0.3 is 9.32 Å². The minimum atomic E-state index is -0.507. The molecule has 0 amide bonds. The highest BCUT2D eigenvalue weighted by Crippen LogP contribution is 2.57. The van der Waals surface area contributed by atoms with E-state index in [0.717, 1.165) is 39.0 Å². The van der Waals surface area contributed by atoms with Crippen molar-refractivity contribution >= 4 is 54.9 Å². The van der Waals surface area contributed by atoms with Crippen LogP contribution in [0.4, 0.5) is 11.4 Å². The maximum Gasteiger partial charge on any atom is 0.135 e. The Morgan fingerprint density at radius 2 is 1.09 bits per heavy atom. The minimum Gasteiger partial charge on any atom is -0.456 e. The van der Waals surface area contributed by atoms with Crippen LogP contribution in [0.5, 0.6) is 0 Å². The van der Waals surface area contributed by atoms with Crippen molar-refractivity contribution in [1.82, 2.24) is 0 Å². The number of anilines is 2. The van der Waals surface area contributed by atoms with Gasteiger partial charge in [0.05, 0.1) is 11.1 Å². The first-order chi connectivity index (χ1) is 28.8. The molecule has 58 heavy (non-hydrogen) atoms. The van der Waals surface area contributed by atoms with Crippen LogP contribution in [-0.2, 0) is 5.41 Å². The van der Waals surface area contributed by atoms with E-state index in [-0.39, 0.29) is 5.92 Å². The van der Waals surface area contributed by atoms with Gasteiger partial charge in [0, 0.05) is 33.5 Å². The van der Waals surface area contributed by atoms with Crippen LogP contribution in [0.3, 0.4) is 0 Å². The first kappa shape index (κ1) is 32.8. The molecular formula is C56H37NO. The molecule has 1 aromatic heterocycles. The Hall–Kier alpha value is -7.42. The monoisotopic (exact) mass is 739 g/mol. The zero-order chi connectivity index (χ0) is 38.2. The number of rotatable bonds is 6. The Kier molecular flexibility index (Phi) is 7.24. The van der Waals surface area contributed by atoms with Gasteiger partial charge in [0.2, 0.25) is 0 Å². The van der Waals surface area contributed by atoms with Crippen LogP contribution in [0, 0.1) is 0 Å². The zero-order valence-electron chi connectivity index (χ0n) is 31.7. The van der Waals surface area contributed by atoms with Crippen molar-refractivity contribution in [2.75, 3.05) is 4.90 Å². The Bertz CT molecular complexity index is 3260. The van der Waals surface area contributed by atoms with Gasteiger partial charge in [0.25, 0.3) is 0 Å². The molecule has 1 heterocycles. The standard InChI is InChI=1S/C56H37NO/c1-3-16-40(17-4-1)56(41-18-5-2-6-19-41)51-25-13-11-22-46(51)47-31-30-43(36-52(47)56)57(53-35-39-15-7-8-20-44(39)45-21-9-10-23-48(45)53)42-29-27-37(33-42)38-28-32-55-50(34-38)49-24-12-14-26-54(49)58-55/h1-37H/t37-/m1/s1. The third-order valence-electron chi connectivity index (χ3n) is 12.6. The van der Waals surface area contributed by atoms with Crippen LogP contribution < -0.4 is 4.90 Å². The average Bonchev–Trinajstić information content (AvgIpc) is 4.00. The molecule has 0 saturated heterocycles. The summed E-state index contributed by atoms with van der Waals surface area (Å²) in [7, 11) is 0. The highest BCUT2D eigenvalue weighted by molar-refractivity contribution is 6.14. The maximum absolute atomic E-state index is 6.22. The van der Waals surface area contributed by atoms with Gasteiger partial charge in [-0.15, -0.1) is 0 Å². The van der Waals surface area contributed by atoms with Crippen LogP contribution in [0.15, 0.2) is 229 Å². The summed E-state index contributed by atoms with van der Waals surface area (Å²) in [6.45, 7) is 0. The molecule has 0 bridgehead atoms. The van der Waals surface area contributed by atoms with Crippen molar-refractivity contribution in [2.24, 2.45) is 0 Å². The van der Waals surface area contributed by atoms with E-state index in [4.69, 9.17) is 4.42 Å². The fourth-order valence-corrected chi connectivity index (χ4v) is 10.0. The highest BCUT2D eigenvalue weighted by Gasteiger charge is 2.46. The van der Waals surface area contributed by atoms with E-state index in [1.807, 2.05) is 12.1 Å². The van der Waals surface area contributed by atoms with Crippen molar-refractivity contribution in [2.45, 2.75) is 11.3 Å². The molecule has 0 spiro atoms. The van der Waals surface area contributed by atoms with Gasteiger partial charge in [-0.3, -0.25) is 0 Å². The number of benzene rings is 9. The molecule has 0 saturated carbocycles. The Labute approximate surface area is 337 Å². The number of hydrogen-bond acceptors (Lipinski definition) is 2. The van der Waals surface area contributed by atoms with Crippen molar-refractivity contribution in [1.29, 1.82) is 0 Å². The number of nitrogens with zero attached hydrogens (tertiary/aromatic N) is 1. The van der Waals surface area contributed by atoms with E-state index in [1.54, 1.807) is 0 Å². The first-order valence-electron chi connectivity index (χ1n) is 20.1. The third kappa shape index (κ3) is 4.79. The number of furan rings is 1. The van der Waals surface area contributed by atoms with E-state index < -0.39 is 5.41 Å². The van der Waals surface area contributed by atoms with Crippen molar-refractivity contribution < 1.29 is 4.42 Å². The van der Waals surface area contributed by atoms with Crippen LogP contribution in [0.1, 0.15) is 33.7 Å². The lowest BCUT2D eigenvalue weighted by Crippen LogP contribution is -2.28. The molecule has 272 valence electrons. The van der Waals surface area contributed by atoms with Gasteiger partial charge in [-0.25, -0.2) is 0 Å². The van der Waals surface area contributed by atoms with Gasteiger partial charge >= 0.3 is 0 Å². The average molecular weight is 740 g/mol. The fraction of sp³-hybridized carbons (Fsp3) is 0.0357. The molecule has 0 radical (unpaired) electrons. The Morgan fingerprint density at radius 1 is 0.448 bits per heavy atom. The summed E-state index contributed by atoms with van der Waals surface area (Å²) in [4.78, 5) is 2.50. The fourth-order valence-electron chi connectivity index (χ4n) is 10.0. The van der Waals surface area contributed by atoms with E-state index in [1.165, 1.54) is 60.5 Å². The van der Waals surface area contributed by atoms with E-state index in [9.17, 15) is 0 Å². The maximum atomic E-state index is 6.22. The molecule has 2 nitrogen and oxygen atoms in total. The molecule has 1 atom stereocenters. The molecule has 2 aliphatic carbocycles. The summed E-state index contributed by atoms with van der Waals surface area (Å²) in [6, 6.07) is 73.3. The van der Waals surface area contributed by atoms with Crippen molar-refractivity contribution in [3.05, 3.63) is 252 Å². The quantitative estimate of drug-likeness (QED) is 0.158. The highest BCUT2D eigenvalue weighted by atomic mass is 16.3. The summed E-state index contributed by atoms with van der Waals surface area (Å²) >= 11 is 0. The molecule has 0 aliphatic heterocycles. The van der Waals surface area contributed by atoms with E-state index >= 15 is 0 Å². The normalized spacial score (nSPS) is 15.2. The molecule has 12 rings (SSSR count).